The second-order valence-electron chi connectivity index (χ2n) is 4.33. The summed E-state index contributed by atoms with van der Waals surface area (Å²) in [6.07, 6.45) is 0. The Morgan fingerprint density at radius 3 is 2.45 bits per heavy atom. The fourth-order valence-corrected chi connectivity index (χ4v) is 2.31. The summed E-state index contributed by atoms with van der Waals surface area (Å²) in [5.41, 5.74) is 2.37. The predicted molar refractivity (Wildman–Crippen MR) is 82.2 cm³/mol. The highest BCUT2D eigenvalue weighted by atomic mass is 79.9. The van der Waals surface area contributed by atoms with Crippen LogP contribution in [0.1, 0.15) is 11.1 Å². The highest BCUT2D eigenvalue weighted by Gasteiger charge is 1.98. The molecule has 0 saturated carbocycles. The molecule has 0 aliphatic rings. The van der Waals surface area contributed by atoms with E-state index in [0.717, 1.165) is 28.9 Å². The molecule has 2 aromatic rings. The second kappa shape index (κ2) is 7.68. The first-order valence-electron chi connectivity index (χ1n) is 6.32. The summed E-state index contributed by atoms with van der Waals surface area (Å²) in [4.78, 5) is 0. The number of nitrogens with one attached hydrogen (secondary N) is 1. The van der Waals surface area contributed by atoms with Gasteiger partial charge in [0.25, 0.3) is 0 Å². The molecule has 4 heteroatoms. The van der Waals surface area contributed by atoms with Crippen molar-refractivity contribution in [3.63, 3.8) is 0 Å². The van der Waals surface area contributed by atoms with Crippen LogP contribution in [0.3, 0.4) is 0 Å². The van der Waals surface area contributed by atoms with Crippen LogP contribution in [0.25, 0.3) is 0 Å². The Hall–Kier alpha value is -1.83. The summed E-state index contributed by atoms with van der Waals surface area (Å²) in [5.74, 6) is 0.730. The Labute approximate surface area is 127 Å². The Bertz CT molecular complexity index is 607. The second-order valence-corrected chi connectivity index (χ2v) is 5.24. The van der Waals surface area contributed by atoms with Gasteiger partial charge in [0.1, 0.15) is 11.8 Å². The first-order valence-corrected chi connectivity index (χ1v) is 7.11. The lowest BCUT2D eigenvalue weighted by Gasteiger charge is -2.07. The smallest absolute Gasteiger partial charge is 0.174 e. The average molecular weight is 331 g/mol. The van der Waals surface area contributed by atoms with Gasteiger partial charge in [-0.2, -0.15) is 5.26 Å². The zero-order valence-electron chi connectivity index (χ0n) is 11.0. The van der Waals surface area contributed by atoms with Gasteiger partial charge in [-0.1, -0.05) is 40.2 Å². The van der Waals surface area contributed by atoms with Crippen molar-refractivity contribution in [3.05, 3.63) is 64.1 Å². The SMILES string of the molecule is N#CCOc1cccc(CNCc2cccc(Br)c2)c1. The minimum Gasteiger partial charge on any atom is -0.479 e. The van der Waals surface area contributed by atoms with E-state index in [9.17, 15) is 0 Å². The van der Waals surface area contributed by atoms with Crippen LogP contribution in [0.2, 0.25) is 0 Å². The van der Waals surface area contributed by atoms with Crippen molar-refractivity contribution in [1.82, 2.24) is 5.32 Å². The van der Waals surface area contributed by atoms with E-state index in [2.05, 4.69) is 33.4 Å². The van der Waals surface area contributed by atoms with Crippen LogP contribution in [0, 0.1) is 11.3 Å². The molecule has 0 aromatic heterocycles. The number of hydrogen-bond donors (Lipinski definition) is 1. The lowest BCUT2D eigenvalue weighted by atomic mass is 10.2. The standard InChI is InChI=1S/C16H15BrN2O/c17-15-5-1-3-13(9-15)11-19-12-14-4-2-6-16(10-14)20-8-7-18/h1-6,9-10,19H,8,11-12H2. The summed E-state index contributed by atoms with van der Waals surface area (Å²) in [7, 11) is 0. The van der Waals surface area contributed by atoms with E-state index in [1.807, 2.05) is 42.5 Å². The Kier molecular flexibility index (Phi) is 5.60. The van der Waals surface area contributed by atoms with Crippen molar-refractivity contribution in [3.8, 4) is 11.8 Å². The number of hydrogen-bond acceptors (Lipinski definition) is 3. The molecule has 0 heterocycles. The highest BCUT2D eigenvalue weighted by Crippen LogP contribution is 2.14. The molecule has 2 aromatic carbocycles. The van der Waals surface area contributed by atoms with Crippen molar-refractivity contribution in [1.29, 1.82) is 5.26 Å². The predicted octanol–water partition coefficient (Wildman–Crippen LogP) is 3.64. The summed E-state index contributed by atoms with van der Waals surface area (Å²) in [6, 6.07) is 18.0. The summed E-state index contributed by atoms with van der Waals surface area (Å²) >= 11 is 3.46. The van der Waals surface area contributed by atoms with Gasteiger partial charge >= 0.3 is 0 Å². The Balaban J connectivity index is 1.86. The normalized spacial score (nSPS) is 10.0. The van der Waals surface area contributed by atoms with Gasteiger partial charge in [0, 0.05) is 17.6 Å². The van der Waals surface area contributed by atoms with E-state index in [1.54, 1.807) is 0 Å². The van der Waals surface area contributed by atoms with Gasteiger partial charge in [-0.3, -0.25) is 0 Å². The van der Waals surface area contributed by atoms with E-state index in [4.69, 9.17) is 10.00 Å². The molecule has 0 aliphatic carbocycles. The van der Waals surface area contributed by atoms with Gasteiger partial charge < -0.3 is 10.1 Å². The van der Waals surface area contributed by atoms with Crippen LogP contribution < -0.4 is 10.1 Å². The third kappa shape index (κ3) is 4.69. The third-order valence-corrected chi connectivity index (χ3v) is 3.24. The van der Waals surface area contributed by atoms with Gasteiger partial charge in [0.2, 0.25) is 0 Å². The lowest BCUT2D eigenvalue weighted by Crippen LogP contribution is -2.12. The molecule has 1 N–H and O–H groups in total. The maximum absolute atomic E-state index is 8.50. The number of halogens is 1. The average Bonchev–Trinajstić information content (AvgIpc) is 2.46. The first kappa shape index (κ1) is 14.6. The lowest BCUT2D eigenvalue weighted by molar-refractivity contribution is 0.367. The molecule has 0 spiro atoms. The molecule has 20 heavy (non-hydrogen) atoms. The Morgan fingerprint density at radius 2 is 1.75 bits per heavy atom. The first-order chi connectivity index (χ1) is 9.78. The van der Waals surface area contributed by atoms with E-state index < -0.39 is 0 Å². The van der Waals surface area contributed by atoms with Crippen molar-refractivity contribution in [2.75, 3.05) is 6.61 Å². The number of rotatable bonds is 6. The minimum atomic E-state index is 0.0783. The van der Waals surface area contributed by atoms with Gasteiger partial charge in [0.15, 0.2) is 6.61 Å². The largest absolute Gasteiger partial charge is 0.479 e. The molecular formula is C16H15BrN2O. The molecule has 2 rings (SSSR count). The van der Waals surface area contributed by atoms with E-state index in [0.29, 0.717) is 0 Å². The fourth-order valence-electron chi connectivity index (χ4n) is 1.86. The zero-order valence-corrected chi connectivity index (χ0v) is 12.6. The number of nitrogens with zero attached hydrogens (tertiary/aromatic N) is 1. The third-order valence-electron chi connectivity index (χ3n) is 2.75. The molecule has 0 atom stereocenters. The molecule has 0 amide bonds. The van der Waals surface area contributed by atoms with Crippen molar-refractivity contribution < 1.29 is 4.74 Å². The van der Waals surface area contributed by atoms with Gasteiger partial charge in [-0.25, -0.2) is 0 Å². The fraction of sp³-hybridized carbons (Fsp3) is 0.188. The minimum absolute atomic E-state index is 0.0783. The van der Waals surface area contributed by atoms with Gasteiger partial charge in [-0.15, -0.1) is 0 Å². The maximum Gasteiger partial charge on any atom is 0.174 e. The molecule has 0 fully saturated rings. The summed E-state index contributed by atoms with van der Waals surface area (Å²) in [5, 5.41) is 11.9. The van der Waals surface area contributed by atoms with E-state index in [-0.39, 0.29) is 6.61 Å². The van der Waals surface area contributed by atoms with E-state index >= 15 is 0 Å². The summed E-state index contributed by atoms with van der Waals surface area (Å²) in [6.45, 7) is 1.65. The van der Waals surface area contributed by atoms with Gasteiger partial charge in [0.05, 0.1) is 0 Å². The number of ether oxygens (including phenoxy) is 1. The van der Waals surface area contributed by atoms with Gasteiger partial charge in [-0.05, 0) is 35.4 Å². The molecule has 0 unspecified atom stereocenters. The quantitative estimate of drug-likeness (QED) is 0.879. The summed E-state index contributed by atoms with van der Waals surface area (Å²) < 4.78 is 6.37. The molecular weight excluding hydrogens is 316 g/mol. The van der Waals surface area contributed by atoms with Crippen LogP contribution >= 0.6 is 15.9 Å². The van der Waals surface area contributed by atoms with E-state index in [1.165, 1.54) is 5.56 Å². The number of nitriles is 1. The van der Waals surface area contributed by atoms with Crippen molar-refractivity contribution >= 4 is 15.9 Å². The van der Waals surface area contributed by atoms with Crippen LogP contribution in [-0.4, -0.2) is 6.61 Å². The molecule has 0 bridgehead atoms. The molecule has 0 radical (unpaired) electrons. The maximum atomic E-state index is 8.50. The highest BCUT2D eigenvalue weighted by molar-refractivity contribution is 9.10. The molecule has 0 saturated heterocycles. The molecule has 102 valence electrons. The molecule has 3 nitrogen and oxygen atoms in total. The zero-order chi connectivity index (χ0) is 14.2. The van der Waals surface area contributed by atoms with Crippen LogP contribution in [0.15, 0.2) is 53.0 Å². The van der Waals surface area contributed by atoms with Crippen LogP contribution in [-0.2, 0) is 13.1 Å². The topological polar surface area (TPSA) is 45.0 Å². The Morgan fingerprint density at radius 1 is 1.05 bits per heavy atom. The van der Waals surface area contributed by atoms with Crippen LogP contribution in [0.5, 0.6) is 5.75 Å². The monoisotopic (exact) mass is 330 g/mol. The number of benzene rings is 2. The van der Waals surface area contributed by atoms with Crippen LogP contribution in [0.4, 0.5) is 0 Å². The molecule has 0 aliphatic heterocycles. The van der Waals surface area contributed by atoms with Crippen molar-refractivity contribution in [2.24, 2.45) is 0 Å². The van der Waals surface area contributed by atoms with Crippen molar-refractivity contribution in [2.45, 2.75) is 13.1 Å².